The summed E-state index contributed by atoms with van der Waals surface area (Å²) >= 11 is 0. The number of hydrogen-bond donors (Lipinski definition) is 6. The highest BCUT2D eigenvalue weighted by Gasteiger charge is 2.23. The highest BCUT2D eigenvalue weighted by molar-refractivity contribution is 6.06. The van der Waals surface area contributed by atoms with Gasteiger partial charge < -0.3 is 30.8 Å². The number of fused-ring (bicyclic) bond motifs is 1. The minimum absolute atomic E-state index is 0.00618. The molecule has 4 aromatic rings. The number of benzene rings is 2. The molecule has 0 aliphatic rings. The van der Waals surface area contributed by atoms with Crippen LogP contribution in [0.3, 0.4) is 0 Å². The number of aryl methyl sites for hydroxylation is 1. The Labute approximate surface area is 211 Å². The highest BCUT2D eigenvalue weighted by atomic mass is 16.5. The molecule has 192 valence electrons. The zero-order chi connectivity index (χ0) is 26.0. The van der Waals surface area contributed by atoms with Crippen molar-refractivity contribution < 1.29 is 24.2 Å². The first-order chi connectivity index (χ1) is 18.0. The predicted octanol–water partition coefficient (Wildman–Crippen LogP) is 2.44. The van der Waals surface area contributed by atoms with Crippen molar-refractivity contribution in [1.82, 2.24) is 30.8 Å². The van der Waals surface area contributed by atoms with Gasteiger partial charge in [0.25, 0.3) is 5.91 Å². The second kappa shape index (κ2) is 12.2. The first kappa shape index (κ1) is 25.2. The molecule has 0 aliphatic carbocycles. The van der Waals surface area contributed by atoms with Crippen molar-refractivity contribution in [3.05, 3.63) is 77.7 Å². The molecule has 0 spiro atoms. The van der Waals surface area contributed by atoms with E-state index in [0.717, 1.165) is 23.1 Å². The number of aromatic amines is 2. The Balaban J connectivity index is 1.31. The van der Waals surface area contributed by atoms with Gasteiger partial charge in [-0.2, -0.15) is 5.10 Å². The number of carboxylic acids is 1. The maximum Gasteiger partial charge on any atom is 0.408 e. The van der Waals surface area contributed by atoms with Crippen molar-refractivity contribution in [2.45, 2.75) is 25.5 Å². The van der Waals surface area contributed by atoms with Crippen LogP contribution in [0, 0.1) is 0 Å². The number of carbonyl (C=O) groups excluding carboxylic acids is 2. The SMILES string of the molecule is O=C(NC(CNC(=O)c1cccc2c(CCCNc3ncc[nH]3)[nH]nc12)C(=O)O)OCc1ccccc1. The van der Waals surface area contributed by atoms with Crippen molar-refractivity contribution in [1.29, 1.82) is 0 Å². The first-order valence-electron chi connectivity index (χ1n) is 11.7. The van der Waals surface area contributed by atoms with Crippen LogP contribution in [-0.4, -0.2) is 62.4 Å². The number of carbonyl (C=O) groups is 3. The molecule has 0 radical (unpaired) electrons. The Bertz CT molecular complexity index is 1340. The van der Waals surface area contributed by atoms with Gasteiger partial charge >= 0.3 is 12.1 Å². The summed E-state index contributed by atoms with van der Waals surface area (Å²) in [5.41, 5.74) is 2.43. The Hall–Kier alpha value is -4.87. The van der Waals surface area contributed by atoms with E-state index in [9.17, 15) is 19.5 Å². The summed E-state index contributed by atoms with van der Waals surface area (Å²) < 4.78 is 5.07. The fourth-order valence-electron chi connectivity index (χ4n) is 3.70. The zero-order valence-electron chi connectivity index (χ0n) is 19.9. The van der Waals surface area contributed by atoms with Crippen LogP contribution in [-0.2, 0) is 22.6 Å². The molecular weight excluding hydrogens is 478 g/mol. The van der Waals surface area contributed by atoms with E-state index in [1.165, 1.54) is 0 Å². The third-order valence-corrected chi connectivity index (χ3v) is 5.57. The Morgan fingerprint density at radius 3 is 2.68 bits per heavy atom. The standard InChI is InChI=1S/C25H27N7O5/c33-22(29-14-20(23(34)35)30-25(36)37-15-16-6-2-1-3-7-16)18-9-4-8-17-19(31-32-21(17)18)10-5-11-26-24-27-12-13-28-24/h1-4,6-9,12-13,20H,5,10-11,14-15H2,(H,29,33)(H,30,36)(H,31,32)(H,34,35)(H2,26,27,28). The number of carboxylic acid groups (broad SMARTS) is 1. The maximum absolute atomic E-state index is 12.9. The molecular formula is C25H27N7O5. The van der Waals surface area contributed by atoms with Gasteiger partial charge in [0.05, 0.1) is 5.56 Å². The second-order valence-corrected chi connectivity index (χ2v) is 8.18. The molecule has 0 saturated heterocycles. The molecule has 1 atom stereocenters. The zero-order valence-corrected chi connectivity index (χ0v) is 19.9. The number of ether oxygens (including phenoxy) is 1. The average Bonchev–Trinajstić information content (AvgIpc) is 3.58. The van der Waals surface area contributed by atoms with Crippen LogP contribution in [0.15, 0.2) is 60.9 Å². The van der Waals surface area contributed by atoms with E-state index in [1.54, 1.807) is 48.8 Å². The normalized spacial score (nSPS) is 11.6. The van der Waals surface area contributed by atoms with Crippen LogP contribution in [0.25, 0.3) is 10.9 Å². The molecule has 4 rings (SSSR count). The van der Waals surface area contributed by atoms with Crippen LogP contribution >= 0.6 is 0 Å². The van der Waals surface area contributed by atoms with Crippen LogP contribution < -0.4 is 16.0 Å². The number of nitrogens with one attached hydrogen (secondary N) is 5. The summed E-state index contributed by atoms with van der Waals surface area (Å²) in [4.78, 5) is 43.6. The van der Waals surface area contributed by atoms with Gasteiger partial charge in [-0.25, -0.2) is 14.6 Å². The summed E-state index contributed by atoms with van der Waals surface area (Å²) in [5.74, 6) is -1.11. The number of hydrogen-bond acceptors (Lipinski definition) is 7. The summed E-state index contributed by atoms with van der Waals surface area (Å²) in [6.07, 6.45) is 4.02. The lowest BCUT2D eigenvalue weighted by Crippen LogP contribution is -2.48. The molecule has 0 bridgehead atoms. The van der Waals surface area contributed by atoms with Gasteiger partial charge in [0.15, 0.2) is 5.95 Å². The van der Waals surface area contributed by atoms with Crippen molar-refractivity contribution in [3.8, 4) is 0 Å². The summed E-state index contributed by atoms with van der Waals surface area (Å²) in [5, 5.41) is 25.6. The predicted molar refractivity (Wildman–Crippen MR) is 135 cm³/mol. The van der Waals surface area contributed by atoms with Gasteiger partial charge in [0, 0.05) is 36.6 Å². The lowest BCUT2D eigenvalue weighted by molar-refractivity contribution is -0.139. The van der Waals surface area contributed by atoms with Gasteiger partial charge in [-0.05, 0) is 24.5 Å². The fraction of sp³-hybridized carbons (Fsp3) is 0.240. The Morgan fingerprint density at radius 1 is 1.08 bits per heavy atom. The second-order valence-electron chi connectivity index (χ2n) is 8.18. The number of anilines is 1. The molecule has 0 saturated carbocycles. The number of nitrogens with zero attached hydrogens (tertiary/aromatic N) is 2. The van der Waals surface area contributed by atoms with Crippen molar-refractivity contribution >= 4 is 34.8 Å². The molecule has 6 N–H and O–H groups in total. The van der Waals surface area contributed by atoms with Crippen molar-refractivity contribution in [2.24, 2.45) is 0 Å². The summed E-state index contributed by atoms with van der Waals surface area (Å²) in [7, 11) is 0. The topological polar surface area (TPSA) is 174 Å². The molecule has 0 fully saturated rings. The molecule has 12 nitrogen and oxygen atoms in total. The van der Waals surface area contributed by atoms with E-state index in [-0.39, 0.29) is 13.2 Å². The Morgan fingerprint density at radius 2 is 1.92 bits per heavy atom. The van der Waals surface area contributed by atoms with Gasteiger partial charge in [0.1, 0.15) is 18.2 Å². The number of aliphatic carboxylic acids is 1. The van der Waals surface area contributed by atoms with Crippen molar-refractivity contribution in [3.63, 3.8) is 0 Å². The van der Waals surface area contributed by atoms with E-state index in [0.29, 0.717) is 30.0 Å². The van der Waals surface area contributed by atoms with E-state index < -0.39 is 24.0 Å². The van der Waals surface area contributed by atoms with E-state index >= 15 is 0 Å². The molecule has 1 unspecified atom stereocenters. The van der Waals surface area contributed by atoms with E-state index in [1.807, 2.05) is 12.1 Å². The van der Waals surface area contributed by atoms with E-state index in [4.69, 9.17) is 4.74 Å². The number of para-hydroxylation sites is 1. The molecule has 2 aromatic carbocycles. The third-order valence-electron chi connectivity index (χ3n) is 5.57. The maximum atomic E-state index is 12.9. The van der Waals surface area contributed by atoms with Gasteiger partial charge in [-0.3, -0.25) is 9.89 Å². The van der Waals surface area contributed by atoms with Crippen LogP contribution in [0.1, 0.15) is 28.0 Å². The monoisotopic (exact) mass is 505 g/mol. The average molecular weight is 506 g/mol. The number of H-pyrrole nitrogens is 2. The van der Waals surface area contributed by atoms with Crippen LogP contribution in [0.5, 0.6) is 0 Å². The minimum atomic E-state index is -1.37. The highest BCUT2D eigenvalue weighted by Crippen LogP contribution is 2.21. The fourth-order valence-corrected chi connectivity index (χ4v) is 3.70. The number of amides is 2. The number of aromatic nitrogens is 4. The minimum Gasteiger partial charge on any atom is -0.480 e. The molecule has 0 aliphatic heterocycles. The molecule has 2 aromatic heterocycles. The van der Waals surface area contributed by atoms with Crippen LogP contribution in [0.2, 0.25) is 0 Å². The molecule has 2 heterocycles. The third kappa shape index (κ3) is 6.84. The quantitative estimate of drug-likeness (QED) is 0.159. The van der Waals surface area contributed by atoms with E-state index in [2.05, 4.69) is 36.1 Å². The van der Waals surface area contributed by atoms with Crippen molar-refractivity contribution in [2.75, 3.05) is 18.4 Å². The number of alkyl carbamates (subject to hydrolysis) is 1. The number of rotatable bonds is 12. The Kier molecular flexibility index (Phi) is 8.32. The van der Waals surface area contributed by atoms with Gasteiger partial charge in [0.2, 0.25) is 0 Å². The number of imidazole rings is 1. The largest absolute Gasteiger partial charge is 0.480 e. The summed E-state index contributed by atoms with van der Waals surface area (Å²) in [6, 6.07) is 12.8. The molecule has 37 heavy (non-hydrogen) atoms. The lowest BCUT2D eigenvalue weighted by atomic mass is 10.1. The summed E-state index contributed by atoms with van der Waals surface area (Å²) in [6.45, 7) is 0.361. The van der Waals surface area contributed by atoms with Gasteiger partial charge in [-0.1, -0.05) is 42.5 Å². The van der Waals surface area contributed by atoms with Gasteiger partial charge in [-0.15, -0.1) is 0 Å². The lowest BCUT2D eigenvalue weighted by Gasteiger charge is -2.15. The molecule has 2 amide bonds. The van der Waals surface area contributed by atoms with Crippen LogP contribution in [0.4, 0.5) is 10.7 Å². The smallest absolute Gasteiger partial charge is 0.408 e. The first-order valence-corrected chi connectivity index (χ1v) is 11.7. The molecule has 12 heteroatoms.